The van der Waals surface area contributed by atoms with E-state index in [4.69, 9.17) is 5.41 Å². The Morgan fingerprint density at radius 1 is 1.50 bits per heavy atom. The van der Waals surface area contributed by atoms with Crippen LogP contribution in [0.3, 0.4) is 0 Å². The van der Waals surface area contributed by atoms with E-state index < -0.39 is 0 Å². The van der Waals surface area contributed by atoms with Gasteiger partial charge in [-0.05, 0) is 12.5 Å². The maximum atomic E-state index is 6.78. The molecule has 0 aliphatic rings. The highest BCUT2D eigenvalue weighted by molar-refractivity contribution is 5.74. The van der Waals surface area contributed by atoms with Gasteiger partial charge in [0.1, 0.15) is 0 Å². The Balaban J connectivity index is 3.74. The summed E-state index contributed by atoms with van der Waals surface area (Å²) in [5, 5.41) is 6.78. The van der Waals surface area contributed by atoms with Gasteiger partial charge in [-0.1, -0.05) is 0 Å². The second-order valence-electron chi connectivity index (χ2n) is 1.98. The first-order valence-corrected chi connectivity index (χ1v) is 2.52. The van der Waals surface area contributed by atoms with Crippen molar-refractivity contribution < 1.29 is 0 Å². The molecule has 2 heteroatoms. The largest absolute Gasteiger partial charge is 0.383 e. The summed E-state index contributed by atoms with van der Waals surface area (Å²) in [6.45, 7) is 1.90. The van der Waals surface area contributed by atoms with Crippen LogP contribution >= 0.6 is 0 Å². The molecule has 2 nitrogen and oxygen atoms in total. The fourth-order valence-electron chi connectivity index (χ4n) is 0.445. The summed E-state index contributed by atoms with van der Waals surface area (Å²) in [4.78, 5) is 1.92. The number of nitrogens with one attached hydrogen (secondary N) is 1. The van der Waals surface area contributed by atoms with Crippen LogP contribution in [0.1, 0.15) is 6.92 Å². The molecule has 0 unspecified atom stereocenters. The number of hydrogen-bond acceptors (Lipinski definition) is 2. The lowest BCUT2D eigenvalue weighted by Gasteiger charge is -2.03. The van der Waals surface area contributed by atoms with Crippen LogP contribution in [0.4, 0.5) is 0 Å². The summed E-state index contributed by atoms with van der Waals surface area (Å²) < 4.78 is 0. The van der Waals surface area contributed by atoms with Crippen LogP contribution in [-0.2, 0) is 0 Å². The summed E-state index contributed by atoms with van der Waals surface area (Å²) >= 11 is 0. The van der Waals surface area contributed by atoms with Crippen molar-refractivity contribution in [3.63, 3.8) is 0 Å². The van der Waals surface area contributed by atoms with Crippen molar-refractivity contribution in [1.82, 2.24) is 4.90 Å². The van der Waals surface area contributed by atoms with Crippen LogP contribution in [0.2, 0.25) is 0 Å². The van der Waals surface area contributed by atoms with Crippen molar-refractivity contribution in [2.45, 2.75) is 6.92 Å². The Labute approximate surface area is 50.3 Å². The lowest BCUT2D eigenvalue weighted by molar-refractivity contribution is 0.561. The average Bonchev–Trinajstić information content (AvgIpc) is 1.65. The topological polar surface area (TPSA) is 27.1 Å². The molecule has 0 aromatic carbocycles. The Bertz CT molecular complexity index is 103. The van der Waals surface area contributed by atoms with Gasteiger partial charge in [0.15, 0.2) is 0 Å². The van der Waals surface area contributed by atoms with E-state index in [-0.39, 0.29) is 0 Å². The van der Waals surface area contributed by atoms with Crippen molar-refractivity contribution in [1.29, 1.82) is 5.41 Å². The second kappa shape index (κ2) is 3.24. The number of allylic oxidation sites excluding steroid dienone is 1. The minimum atomic E-state index is 0.968. The molecule has 0 aliphatic carbocycles. The second-order valence-corrected chi connectivity index (χ2v) is 1.98. The third-order valence-corrected chi connectivity index (χ3v) is 0.690. The van der Waals surface area contributed by atoms with Gasteiger partial charge in [-0.15, -0.1) is 0 Å². The summed E-state index contributed by atoms with van der Waals surface area (Å²) in [5.74, 6) is 0. The number of hydrogen-bond donors (Lipinski definition) is 1. The molecule has 0 atom stereocenters. The van der Waals surface area contributed by atoms with Gasteiger partial charge >= 0.3 is 0 Å². The highest BCUT2D eigenvalue weighted by Crippen LogP contribution is 1.86. The lowest BCUT2D eigenvalue weighted by atomic mass is 10.4. The smallest absolute Gasteiger partial charge is 0.0221 e. The Kier molecular flexibility index (Phi) is 2.92. The predicted molar refractivity (Wildman–Crippen MR) is 36.2 cm³/mol. The van der Waals surface area contributed by atoms with Crippen LogP contribution in [0.15, 0.2) is 11.8 Å². The van der Waals surface area contributed by atoms with E-state index in [0.717, 1.165) is 5.57 Å². The molecular weight excluding hydrogens is 100 g/mol. The standard InChI is InChI=1S/C6H12N2/c1-6(4-7)5-8(2)3/h4-5,7H,1-3H3/b6-5-,7-4?. The van der Waals surface area contributed by atoms with E-state index in [9.17, 15) is 0 Å². The van der Waals surface area contributed by atoms with Crippen LogP contribution in [0.25, 0.3) is 0 Å². The van der Waals surface area contributed by atoms with Crippen molar-refractivity contribution in [2.24, 2.45) is 0 Å². The van der Waals surface area contributed by atoms with Gasteiger partial charge in [-0.3, -0.25) is 0 Å². The fraction of sp³-hybridized carbons (Fsp3) is 0.500. The first-order valence-electron chi connectivity index (χ1n) is 2.52. The maximum Gasteiger partial charge on any atom is 0.0221 e. The minimum Gasteiger partial charge on any atom is -0.383 e. The van der Waals surface area contributed by atoms with Gasteiger partial charge in [0.25, 0.3) is 0 Å². The molecule has 0 spiro atoms. The maximum absolute atomic E-state index is 6.78. The summed E-state index contributed by atoms with van der Waals surface area (Å²) in [5.41, 5.74) is 0.968. The molecule has 0 aromatic heterocycles. The number of nitrogens with zero attached hydrogens (tertiary/aromatic N) is 1. The fourth-order valence-corrected chi connectivity index (χ4v) is 0.445. The van der Waals surface area contributed by atoms with Crippen molar-refractivity contribution >= 4 is 6.21 Å². The monoisotopic (exact) mass is 112 g/mol. The zero-order valence-electron chi connectivity index (χ0n) is 5.60. The van der Waals surface area contributed by atoms with Gasteiger partial charge in [0.05, 0.1) is 0 Å². The molecule has 0 amide bonds. The third kappa shape index (κ3) is 3.40. The van der Waals surface area contributed by atoms with Gasteiger partial charge in [0, 0.05) is 26.5 Å². The molecule has 0 aromatic rings. The predicted octanol–water partition coefficient (Wildman–Crippen LogP) is 1.10. The lowest BCUT2D eigenvalue weighted by Crippen LogP contribution is -2.01. The summed E-state index contributed by atoms with van der Waals surface area (Å²) in [6, 6.07) is 0. The van der Waals surface area contributed by atoms with E-state index in [2.05, 4.69) is 0 Å². The third-order valence-electron chi connectivity index (χ3n) is 0.690. The first-order chi connectivity index (χ1) is 3.66. The molecule has 0 aliphatic heterocycles. The van der Waals surface area contributed by atoms with Crippen LogP contribution in [0, 0.1) is 5.41 Å². The van der Waals surface area contributed by atoms with Crippen LogP contribution < -0.4 is 0 Å². The molecule has 0 radical (unpaired) electrons. The Morgan fingerprint density at radius 3 is 2.12 bits per heavy atom. The number of rotatable bonds is 2. The molecule has 8 heavy (non-hydrogen) atoms. The SMILES string of the molecule is C/C(C=N)=C/N(C)C. The minimum absolute atomic E-state index is 0.968. The highest BCUT2D eigenvalue weighted by Gasteiger charge is 1.79. The highest BCUT2D eigenvalue weighted by atomic mass is 15.0. The van der Waals surface area contributed by atoms with Gasteiger partial charge in [-0.2, -0.15) is 0 Å². The summed E-state index contributed by atoms with van der Waals surface area (Å²) in [7, 11) is 3.88. The van der Waals surface area contributed by atoms with E-state index >= 15 is 0 Å². The van der Waals surface area contributed by atoms with Gasteiger partial charge in [0.2, 0.25) is 0 Å². The van der Waals surface area contributed by atoms with Crippen LogP contribution in [-0.4, -0.2) is 25.2 Å². The van der Waals surface area contributed by atoms with E-state index in [1.165, 1.54) is 6.21 Å². The molecule has 0 heterocycles. The zero-order chi connectivity index (χ0) is 6.57. The average molecular weight is 112 g/mol. The normalized spacial score (nSPS) is 11.1. The van der Waals surface area contributed by atoms with E-state index in [1.54, 1.807) is 0 Å². The van der Waals surface area contributed by atoms with Crippen LogP contribution in [0.5, 0.6) is 0 Å². The molecule has 1 N–H and O–H groups in total. The zero-order valence-corrected chi connectivity index (χ0v) is 5.60. The van der Waals surface area contributed by atoms with Crippen molar-refractivity contribution in [2.75, 3.05) is 14.1 Å². The first kappa shape index (κ1) is 7.21. The quantitative estimate of drug-likeness (QED) is 0.532. The molecule has 0 rings (SSSR count). The molecule has 0 saturated heterocycles. The van der Waals surface area contributed by atoms with Gasteiger partial charge in [-0.25, -0.2) is 0 Å². The van der Waals surface area contributed by atoms with E-state index in [0.29, 0.717) is 0 Å². The Morgan fingerprint density at radius 2 is 2.00 bits per heavy atom. The Hall–Kier alpha value is -0.790. The molecular formula is C6H12N2. The van der Waals surface area contributed by atoms with Crippen molar-refractivity contribution in [3.8, 4) is 0 Å². The van der Waals surface area contributed by atoms with E-state index in [1.807, 2.05) is 32.1 Å². The summed E-state index contributed by atoms with van der Waals surface area (Å²) in [6.07, 6.45) is 3.23. The molecule has 0 bridgehead atoms. The van der Waals surface area contributed by atoms with Gasteiger partial charge < -0.3 is 10.3 Å². The van der Waals surface area contributed by atoms with Crippen molar-refractivity contribution in [3.05, 3.63) is 11.8 Å². The molecule has 46 valence electrons. The molecule has 0 saturated carbocycles. The molecule has 0 fully saturated rings.